The molecule has 1 nitrogen and oxygen atoms in total. The summed E-state index contributed by atoms with van der Waals surface area (Å²) in [5, 5.41) is 0.642. The molecule has 0 aliphatic heterocycles. The summed E-state index contributed by atoms with van der Waals surface area (Å²) in [6.07, 6.45) is 0.965. The Morgan fingerprint density at radius 1 is 1.29 bits per heavy atom. The smallest absolute Gasteiger partial charge is 0.203 e. The Morgan fingerprint density at radius 2 is 2.06 bits per heavy atom. The average Bonchev–Trinajstić information content (AvgIpc) is 2.80. The van der Waals surface area contributed by atoms with Gasteiger partial charge in [-0.2, -0.15) is 0 Å². The van der Waals surface area contributed by atoms with E-state index in [1.54, 1.807) is 17.4 Å². The molecule has 0 spiro atoms. The predicted molar refractivity (Wildman–Crippen MR) is 73.3 cm³/mol. The van der Waals surface area contributed by atoms with Crippen LogP contribution >= 0.6 is 22.9 Å². The van der Waals surface area contributed by atoms with Crippen molar-refractivity contribution in [2.24, 2.45) is 0 Å². The van der Waals surface area contributed by atoms with E-state index >= 15 is 0 Å². The molecule has 1 heterocycles. The van der Waals surface area contributed by atoms with Crippen LogP contribution in [0.4, 0.5) is 0 Å². The number of carbonyl (C=O) groups excluding carboxylic acids is 1. The summed E-state index contributed by atoms with van der Waals surface area (Å²) >= 11 is 7.59. The molecule has 3 heteroatoms. The van der Waals surface area contributed by atoms with Crippen LogP contribution in [0, 0.1) is 6.92 Å². The molecule has 17 heavy (non-hydrogen) atoms. The maximum Gasteiger partial charge on any atom is 0.203 e. The first kappa shape index (κ1) is 12.3. The Bertz CT molecular complexity index is 557. The number of hydrogen-bond acceptors (Lipinski definition) is 2. The molecule has 0 atom stereocenters. The second-order valence-electron chi connectivity index (χ2n) is 3.86. The number of ketones is 1. The summed E-state index contributed by atoms with van der Waals surface area (Å²) in [7, 11) is 0. The summed E-state index contributed by atoms with van der Waals surface area (Å²) in [5.74, 6) is 0.0645. The van der Waals surface area contributed by atoms with Crippen LogP contribution in [0.15, 0.2) is 30.3 Å². The minimum absolute atomic E-state index is 0.0645. The summed E-state index contributed by atoms with van der Waals surface area (Å²) in [4.78, 5) is 14.3. The largest absolute Gasteiger partial charge is 0.288 e. The number of rotatable bonds is 3. The SMILES string of the molecule is CCc1ccc(C(=O)c2cccc(Cl)c2C)s1. The van der Waals surface area contributed by atoms with Gasteiger partial charge in [0.2, 0.25) is 5.78 Å². The van der Waals surface area contributed by atoms with Crippen LogP contribution in [0.25, 0.3) is 0 Å². The number of carbonyl (C=O) groups is 1. The molecule has 2 aromatic rings. The van der Waals surface area contributed by atoms with Gasteiger partial charge in [-0.25, -0.2) is 0 Å². The van der Waals surface area contributed by atoms with Gasteiger partial charge in [0.15, 0.2) is 0 Å². The third-order valence-corrected chi connectivity index (χ3v) is 4.38. The van der Waals surface area contributed by atoms with Gasteiger partial charge in [0.25, 0.3) is 0 Å². The average molecular weight is 265 g/mol. The van der Waals surface area contributed by atoms with Crippen molar-refractivity contribution in [2.75, 3.05) is 0 Å². The molecule has 0 bridgehead atoms. The van der Waals surface area contributed by atoms with Crippen molar-refractivity contribution < 1.29 is 4.79 Å². The van der Waals surface area contributed by atoms with E-state index in [9.17, 15) is 4.79 Å². The van der Waals surface area contributed by atoms with Gasteiger partial charge in [0, 0.05) is 15.5 Å². The highest BCUT2D eigenvalue weighted by Gasteiger charge is 2.14. The molecular weight excluding hydrogens is 252 g/mol. The number of aryl methyl sites for hydroxylation is 1. The van der Waals surface area contributed by atoms with E-state index in [2.05, 4.69) is 6.92 Å². The van der Waals surface area contributed by atoms with E-state index in [0.29, 0.717) is 10.6 Å². The third-order valence-electron chi connectivity index (χ3n) is 2.75. The molecule has 0 amide bonds. The van der Waals surface area contributed by atoms with Crippen molar-refractivity contribution in [1.82, 2.24) is 0 Å². The molecule has 0 aliphatic carbocycles. The molecule has 0 radical (unpaired) electrons. The van der Waals surface area contributed by atoms with Gasteiger partial charge in [-0.3, -0.25) is 4.79 Å². The normalized spacial score (nSPS) is 10.5. The van der Waals surface area contributed by atoms with Crippen LogP contribution in [-0.4, -0.2) is 5.78 Å². The second kappa shape index (κ2) is 5.03. The van der Waals surface area contributed by atoms with Gasteiger partial charge in [0.05, 0.1) is 4.88 Å². The Balaban J connectivity index is 2.40. The quantitative estimate of drug-likeness (QED) is 0.746. The highest BCUT2D eigenvalue weighted by Crippen LogP contribution is 2.25. The highest BCUT2D eigenvalue weighted by molar-refractivity contribution is 7.14. The lowest BCUT2D eigenvalue weighted by atomic mass is 10.0. The van der Waals surface area contributed by atoms with E-state index in [0.717, 1.165) is 16.9 Å². The van der Waals surface area contributed by atoms with Crippen LogP contribution < -0.4 is 0 Å². The molecule has 88 valence electrons. The van der Waals surface area contributed by atoms with Crippen LogP contribution in [0.3, 0.4) is 0 Å². The molecule has 0 unspecified atom stereocenters. The summed E-state index contributed by atoms with van der Waals surface area (Å²) in [6, 6.07) is 9.36. The van der Waals surface area contributed by atoms with E-state index in [4.69, 9.17) is 11.6 Å². The zero-order chi connectivity index (χ0) is 12.4. The van der Waals surface area contributed by atoms with Gasteiger partial charge >= 0.3 is 0 Å². The molecule has 0 aliphatic rings. The fourth-order valence-corrected chi connectivity index (χ4v) is 2.75. The van der Waals surface area contributed by atoms with Crippen molar-refractivity contribution in [3.05, 3.63) is 56.2 Å². The van der Waals surface area contributed by atoms with Gasteiger partial charge in [-0.15, -0.1) is 11.3 Å². The van der Waals surface area contributed by atoms with Gasteiger partial charge in [-0.05, 0) is 37.1 Å². The number of benzene rings is 1. The Morgan fingerprint density at radius 3 is 2.71 bits per heavy atom. The molecule has 1 aromatic heterocycles. The fraction of sp³-hybridized carbons (Fsp3) is 0.214. The van der Waals surface area contributed by atoms with E-state index in [1.165, 1.54) is 4.88 Å². The van der Waals surface area contributed by atoms with E-state index < -0.39 is 0 Å². The van der Waals surface area contributed by atoms with E-state index in [-0.39, 0.29) is 5.78 Å². The first-order chi connectivity index (χ1) is 8.13. The molecule has 0 saturated carbocycles. The first-order valence-corrected chi connectivity index (χ1v) is 6.71. The van der Waals surface area contributed by atoms with Crippen LogP contribution in [0.1, 0.15) is 32.6 Å². The molecular formula is C14H13ClOS. The Kier molecular flexibility index (Phi) is 3.65. The standard InChI is InChI=1S/C14H13ClOS/c1-3-10-7-8-13(17-10)14(16)11-5-4-6-12(15)9(11)2/h4-8H,3H2,1-2H3. The first-order valence-electron chi connectivity index (χ1n) is 5.52. The van der Waals surface area contributed by atoms with Crippen LogP contribution in [0.5, 0.6) is 0 Å². The van der Waals surface area contributed by atoms with Gasteiger partial charge in [-0.1, -0.05) is 30.7 Å². The van der Waals surface area contributed by atoms with Crippen molar-refractivity contribution in [3.63, 3.8) is 0 Å². The van der Waals surface area contributed by atoms with Gasteiger partial charge in [0.1, 0.15) is 0 Å². The number of halogens is 1. The van der Waals surface area contributed by atoms with Crippen molar-refractivity contribution in [2.45, 2.75) is 20.3 Å². The Hall–Kier alpha value is -1.12. The highest BCUT2D eigenvalue weighted by atomic mass is 35.5. The lowest BCUT2D eigenvalue weighted by molar-refractivity contribution is 0.104. The van der Waals surface area contributed by atoms with Crippen molar-refractivity contribution in [3.8, 4) is 0 Å². The zero-order valence-corrected chi connectivity index (χ0v) is 11.4. The van der Waals surface area contributed by atoms with Crippen LogP contribution in [0.2, 0.25) is 5.02 Å². The van der Waals surface area contributed by atoms with Crippen molar-refractivity contribution in [1.29, 1.82) is 0 Å². The maximum atomic E-state index is 12.3. The lowest BCUT2D eigenvalue weighted by Crippen LogP contribution is -2.01. The monoisotopic (exact) mass is 264 g/mol. The lowest BCUT2D eigenvalue weighted by Gasteiger charge is -2.04. The minimum Gasteiger partial charge on any atom is -0.288 e. The third kappa shape index (κ3) is 2.43. The maximum absolute atomic E-state index is 12.3. The fourth-order valence-electron chi connectivity index (χ4n) is 1.68. The molecule has 0 saturated heterocycles. The molecule has 0 fully saturated rings. The molecule has 2 rings (SSSR count). The van der Waals surface area contributed by atoms with E-state index in [1.807, 2.05) is 31.2 Å². The van der Waals surface area contributed by atoms with Crippen molar-refractivity contribution >= 4 is 28.7 Å². The zero-order valence-electron chi connectivity index (χ0n) is 9.79. The summed E-state index contributed by atoms with van der Waals surface area (Å²) in [5.41, 5.74) is 1.55. The minimum atomic E-state index is 0.0645. The molecule has 0 N–H and O–H groups in total. The number of thiophene rings is 1. The van der Waals surface area contributed by atoms with Gasteiger partial charge < -0.3 is 0 Å². The second-order valence-corrected chi connectivity index (χ2v) is 5.44. The number of hydrogen-bond donors (Lipinski definition) is 0. The predicted octanol–water partition coefficient (Wildman–Crippen LogP) is 4.50. The van der Waals surface area contributed by atoms with Crippen LogP contribution in [-0.2, 0) is 6.42 Å². The Labute approximate surface area is 110 Å². The summed E-state index contributed by atoms with van der Waals surface area (Å²) in [6.45, 7) is 3.97. The molecule has 1 aromatic carbocycles. The summed E-state index contributed by atoms with van der Waals surface area (Å²) < 4.78 is 0. The topological polar surface area (TPSA) is 17.1 Å².